The van der Waals surface area contributed by atoms with Crippen LogP contribution in [0.1, 0.15) is 32.1 Å². The highest BCUT2D eigenvalue weighted by molar-refractivity contribution is 7.98. The van der Waals surface area contributed by atoms with E-state index in [4.69, 9.17) is 0 Å². The summed E-state index contributed by atoms with van der Waals surface area (Å²) in [6, 6.07) is 0. The molecule has 0 saturated heterocycles. The minimum Gasteiger partial charge on any atom is -0.215 e. The van der Waals surface area contributed by atoms with E-state index in [9.17, 15) is 4.39 Å². The Morgan fingerprint density at radius 2 is 2.00 bits per heavy atom. The van der Waals surface area contributed by atoms with Crippen molar-refractivity contribution >= 4 is 11.9 Å². The number of halogens is 1. The van der Waals surface area contributed by atoms with E-state index >= 15 is 0 Å². The van der Waals surface area contributed by atoms with Gasteiger partial charge in [-0.15, -0.1) is 9.63 Å². The standard InChI is InChI=1S/C8H13FN2S/c9-8(6-12-11-10-8)7-4-2-1-3-5-7/h7H,1-6H2. The molecule has 1 atom stereocenters. The van der Waals surface area contributed by atoms with Gasteiger partial charge in [0.1, 0.15) is 0 Å². The van der Waals surface area contributed by atoms with Crippen LogP contribution < -0.4 is 0 Å². The molecule has 1 fully saturated rings. The van der Waals surface area contributed by atoms with Gasteiger partial charge in [0.05, 0.1) is 5.75 Å². The first-order chi connectivity index (χ1) is 5.81. The lowest BCUT2D eigenvalue weighted by Gasteiger charge is -2.28. The van der Waals surface area contributed by atoms with Crippen molar-refractivity contribution in [1.29, 1.82) is 0 Å². The number of rotatable bonds is 1. The predicted molar refractivity (Wildman–Crippen MR) is 47.7 cm³/mol. The second kappa shape index (κ2) is 3.32. The Morgan fingerprint density at radius 3 is 2.58 bits per heavy atom. The fourth-order valence-electron chi connectivity index (χ4n) is 1.99. The number of nitrogens with zero attached hydrogens (tertiary/aromatic N) is 2. The Hall–Kier alpha value is -0.120. The van der Waals surface area contributed by atoms with E-state index < -0.39 is 5.79 Å². The van der Waals surface area contributed by atoms with Crippen molar-refractivity contribution < 1.29 is 4.39 Å². The smallest absolute Gasteiger partial charge is 0.215 e. The summed E-state index contributed by atoms with van der Waals surface area (Å²) in [5.41, 5.74) is 0. The van der Waals surface area contributed by atoms with Crippen LogP contribution >= 0.6 is 11.9 Å². The Labute approximate surface area is 76.2 Å². The first-order valence-corrected chi connectivity index (χ1v) is 5.49. The maximum absolute atomic E-state index is 13.9. The molecule has 0 amide bonds. The molecule has 0 aromatic heterocycles. The summed E-state index contributed by atoms with van der Waals surface area (Å²) in [6.07, 6.45) is 5.58. The van der Waals surface area contributed by atoms with Crippen molar-refractivity contribution in [2.45, 2.75) is 37.9 Å². The first-order valence-electron chi connectivity index (χ1n) is 4.54. The molecule has 0 aromatic carbocycles. The maximum Gasteiger partial charge on any atom is 0.234 e. The number of hydrogen-bond donors (Lipinski definition) is 0. The topological polar surface area (TPSA) is 24.7 Å². The Bertz CT molecular complexity index is 191. The third-order valence-corrected chi connectivity index (χ3v) is 3.49. The molecule has 0 aromatic rings. The van der Waals surface area contributed by atoms with Crippen LogP contribution in [-0.4, -0.2) is 11.5 Å². The molecule has 2 aliphatic rings. The minimum atomic E-state index is -1.31. The minimum absolute atomic E-state index is 0.144. The van der Waals surface area contributed by atoms with Crippen molar-refractivity contribution in [3.05, 3.63) is 0 Å². The third-order valence-electron chi connectivity index (χ3n) is 2.76. The van der Waals surface area contributed by atoms with Crippen LogP contribution in [0.25, 0.3) is 0 Å². The summed E-state index contributed by atoms with van der Waals surface area (Å²) in [6.45, 7) is 0. The Kier molecular flexibility index (Phi) is 2.35. The molecule has 68 valence electrons. The van der Waals surface area contributed by atoms with Crippen LogP contribution in [0.15, 0.2) is 9.63 Å². The van der Waals surface area contributed by atoms with Crippen LogP contribution in [0.2, 0.25) is 0 Å². The molecule has 1 aliphatic carbocycles. The molecular formula is C8H13FN2S. The molecule has 2 rings (SSSR count). The van der Waals surface area contributed by atoms with Gasteiger partial charge in [0.2, 0.25) is 5.79 Å². The molecule has 1 saturated carbocycles. The quantitative estimate of drug-likeness (QED) is 0.457. The lowest BCUT2D eigenvalue weighted by Crippen LogP contribution is -2.33. The molecule has 2 nitrogen and oxygen atoms in total. The van der Waals surface area contributed by atoms with E-state index in [0.717, 1.165) is 25.7 Å². The highest BCUT2D eigenvalue weighted by Crippen LogP contribution is 2.42. The molecule has 4 heteroatoms. The fraction of sp³-hybridized carbons (Fsp3) is 1.00. The van der Waals surface area contributed by atoms with Gasteiger partial charge in [0.15, 0.2) is 0 Å². The molecule has 12 heavy (non-hydrogen) atoms. The van der Waals surface area contributed by atoms with Gasteiger partial charge in [-0.2, -0.15) is 0 Å². The van der Waals surface area contributed by atoms with Crippen LogP contribution in [0.4, 0.5) is 4.39 Å². The molecule has 0 bridgehead atoms. The van der Waals surface area contributed by atoms with Crippen molar-refractivity contribution in [3.63, 3.8) is 0 Å². The summed E-state index contributed by atoms with van der Waals surface area (Å²) < 4.78 is 17.6. The predicted octanol–water partition coefficient (Wildman–Crippen LogP) is 3.35. The van der Waals surface area contributed by atoms with E-state index in [1.807, 2.05) is 0 Å². The van der Waals surface area contributed by atoms with E-state index in [-0.39, 0.29) is 5.92 Å². The zero-order chi connectivity index (χ0) is 8.44. The summed E-state index contributed by atoms with van der Waals surface area (Å²) in [4.78, 5) is 0. The average molecular weight is 188 g/mol. The third kappa shape index (κ3) is 1.49. The van der Waals surface area contributed by atoms with Gasteiger partial charge in [-0.1, -0.05) is 19.3 Å². The molecule has 0 N–H and O–H groups in total. The van der Waals surface area contributed by atoms with Gasteiger partial charge in [-0.05, 0) is 12.8 Å². The van der Waals surface area contributed by atoms with Gasteiger partial charge in [0.25, 0.3) is 0 Å². The van der Waals surface area contributed by atoms with Gasteiger partial charge in [0, 0.05) is 17.9 Å². The molecule has 0 spiro atoms. The Morgan fingerprint density at radius 1 is 1.25 bits per heavy atom. The van der Waals surface area contributed by atoms with E-state index in [2.05, 4.69) is 9.63 Å². The van der Waals surface area contributed by atoms with Crippen LogP contribution in [-0.2, 0) is 0 Å². The second-order valence-electron chi connectivity index (χ2n) is 3.61. The number of alkyl halides is 1. The largest absolute Gasteiger partial charge is 0.234 e. The van der Waals surface area contributed by atoms with E-state index in [1.165, 1.54) is 18.4 Å². The van der Waals surface area contributed by atoms with Gasteiger partial charge < -0.3 is 0 Å². The van der Waals surface area contributed by atoms with Crippen molar-refractivity contribution in [2.24, 2.45) is 15.6 Å². The molecule has 0 radical (unpaired) electrons. The lowest BCUT2D eigenvalue weighted by atomic mass is 9.83. The van der Waals surface area contributed by atoms with Crippen LogP contribution in [0.3, 0.4) is 0 Å². The SMILES string of the molecule is FC1(C2CCCCC2)CSN=N1. The van der Waals surface area contributed by atoms with Crippen molar-refractivity contribution in [1.82, 2.24) is 0 Å². The summed E-state index contributed by atoms with van der Waals surface area (Å²) in [5, 5.41) is 3.71. The van der Waals surface area contributed by atoms with Gasteiger partial charge in [-0.3, -0.25) is 0 Å². The summed E-state index contributed by atoms with van der Waals surface area (Å²) in [7, 11) is 0. The first kappa shape index (κ1) is 8.48. The van der Waals surface area contributed by atoms with E-state index in [1.54, 1.807) is 0 Å². The highest BCUT2D eigenvalue weighted by Gasteiger charge is 2.42. The summed E-state index contributed by atoms with van der Waals surface area (Å²) in [5.74, 6) is -0.729. The number of hydrogen-bond acceptors (Lipinski definition) is 3. The Balaban J connectivity index is 2.01. The van der Waals surface area contributed by atoms with Gasteiger partial charge in [-0.25, -0.2) is 4.39 Å². The van der Waals surface area contributed by atoms with Crippen molar-refractivity contribution in [3.8, 4) is 0 Å². The fourth-order valence-corrected chi connectivity index (χ4v) is 2.72. The van der Waals surface area contributed by atoms with Crippen molar-refractivity contribution in [2.75, 3.05) is 5.75 Å². The van der Waals surface area contributed by atoms with Crippen LogP contribution in [0, 0.1) is 5.92 Å². The lowest BCUT2D eigenvalue weighted by molar-refractivity contribution is 0.0872. The van der Waals surface area contributed by atoms with E-state index in [0.29, 0.717) is 5.75 Å². The zero-order valence-electron chi connectivity index (χ0n) is 7.00. The average Bonchev–Trinajstić information content (AvgIpc) is 2.55. The normalized spacial score (nSPS) is 37.4. The monoisotopic (exact) mass is 188 g/mol. The molecule has 1 unspecified atom stereocenters. The maximum atomic E-state index is 13.9. The highest BCUT2D eigenvalue weighted by atomic mass is 32.2. The molecule has 1 aliphatic heterocycles. The zero-order valence-corrected chi connectivity index (χ0v) is 7.82. The van der Waals surface area contributed by atoms with Crippen LogP contribution in [0.5, 0.6) is 0 Å². The molecule has 1 heterocycles. The summed E-state index contributed by atoms with van der Waals surface area (Å²) >= 11 is 1.26. The molecular weight excluding hydrogens is 175 g/mol. The van der Waals surface area contributed by atoms with Gasteiger partial charge >= 0.3 is 0 Å². The second-order valence-corrected chi connectivity index (χ2v) is 4.32.